The Morgan fingerprint density at radius 3 is 2.23 bits per heavy atom. The maximum Gasteiger partial charge on any atom is -0.0263 e. The average molecular weight is 180 g/mol. The van der Waals surface area contributed by atoms with Crippen LogP contribution in [0, 0.1) is 17.3 Å². The summed E-state index contributed by atoms with van der Waals surface area (Å²) in [6.45, 7) is 13.4. The lowest BCUT2D eigenvalue weighted by molar-refractivity contribution is 0.339. The summed E-state index contributed by atoms with van der Waals surface area (Å²) >= 11 is 0. The summed E-state index contributed by atoms with van der Waals surface area (Å²) in [6, 6.07) is 0. The van der Waals surface area contributed by atoms with Crippen LogP contribution in [0.5, 0.6) is 0 Å². The van der Waals surface area contributed by atoms with E-state index in [9.17, 15) is 0 Å². The highest BCUT2D eigenvalue weighted by Gasteiger charge is 2.41. The second kappa shape index (κ2) is 3.86. The highest BCUT2D eigenvalue weighted by Crippen LogP contribution is 2.52. The Kier molecular flexibility index (Phi) is 3.21. The number of allylic oxidation sites excluding steroid dienone is 1. The fraction of sp³-hybridized carbons (Fsp3) is 0.846. The molecule has 1 fully saturated rings. The van der Waals surface area contributed by atoms with Crippen LogP contribution < -0.4 is 0 Å². The molecular formula is C13H24. The zero-order valence-corrected chi connectivity index (χ0v) is 9.69. The molecule has 0 heterocycles. The van der Waals surface area contributed by atoms with Gasteiger partial charge in [0.25, 0.3) is 0 Å². The molecule has 0 bridgehead atoms. The summed E-state index contributed by atoms with van der Waals surface area (Å²) in [6.07, 6.45) is 5.46. The molecule has 1 unspecified atom stereocenters. The summed E-state index contributed by atoms with van der Waals surface area (Å²) < 4.78 is 0. The van der Waals surface area contributed by atoms with E-state index in [0.29, 0.717) is 11.3 Å². The van der Waals surface area contributed by atoms with E-state index >= 15 is 0 Å². The molecule has 0 aromatic rings. The van der Waals surface area contributed by atoms with Crippen molar-refractivity contribution in [2.45, 2.75) is 53.4 Å². The van der Waals surface area contributed by atoms with Crippen molar-refractivity contribution in [1.29, 1.82) is 0 Å². The molecule has 0 spiro atoms. The standard InChI is InChI=1S/C13H24/c1-10(2)11(3)6-7-12(4)13(5)8-9-13/h10,12H,3,6-9H2,1-2,4-5H3. The molecule has 1 aliphatic carbocycles. The lowest BCUT2D eigenvalue weighted by atomic mass is 9.86. The van der Waals surface area contributed by atoms with Gasteiger partial charge in [-0.15, -0.1) is 0 Å². The highest BCUT2D eigenvalue weighted by atomic mass is 14.5. The zero-order valence-electron chi connectivity index (χ0n) is 9.69. The first-order valence-corrected chi connectivity index (χ1v) is 5.63. The lowest BCUT2D eigenvalue weighted by Gasteiger charge is -2.19. The fourth-order valence-corrected chi connectivity index (χ4v) is 1.73. The molecule has 0 saturated heterocycles. The van der Waals surface area contributed by atoms with E-state index in [0.717, 1.165) is 5.92 Å². The fourth-order valence-electron chi connectivity index (χ4n) is 1.73. The van der Waals surface area contributed by atoms with E-state index in [1.54, 1.807) is 0 Å². The maximum atomic E-state index is 4.13. The normalized spacial score (nSPS) is 21.6. The quantitative estimate of drug-likeness (QED) is 0.550. The van der Waals surface area contributed by atoms with Gasteiger partial charge in [0.15, 0.2) is 0 Å². The van der Waals surface area contributed by atoms with Crippen LogP contribution in [0.1, 0.15) is 53.4 Å². The van der Waals surface area contributed by atoms with Crippen LogP contribution in [0.3, 0.4) is 0 Å². The van der Waals surface area contributed by atoms with Crippen LogP contribution in [-0.4, -0.2) is 0 Å². The summed E-state index contributed by atoms with van der Waals surface area (Å²) in [5.74, 6) is 1.56. The van der Waals surface area contributed by atoms with Gasteiger partial charge in [-0.3, -0.25) is 0 Å². The molecule has 0 aromatic heterocycles. The summed E-state index contributed by atoms with van der Waals surface area (Å²) in [4.78, 5) is 0. The maximum absolute atomic E-state index is 4.13. The van der Waals surface area contributed by atoms with Crippen molar-refractivity contribution in [3.8, 4) is 0 Å². The van der Waals surface area contributed by atoms with Gasteiger partial charge in [0.05, 0.1) is 0 Å². The molecule has 0 nitrogen and oxygen atoms in total. The van der Waals surface area contributed by atoms with Crippen molar-refractivity contribution < 1.29 is 0 Å². The van der Waals surface area contributed by atoms with Gasteiger partial charge in [-0.25, -0.2) is 0 Å². The van der Waals surface area contributed by atoms with Crippen molar-refractivity contribution in [1.82, 2.24) is 0 Å². The second-order valence-corrected chi connectivity index (χ2v) is 5.41. The Morgan fingerprint density at radius 1 is 1.31 bits per heavy atom. The minimum atomic E-state index is 0.666. The molecular weight excluding hydrogens is 156 g/mol. The summed E-state index contributed by atoms with van der Waals surface area (Å²) in [7, 11) is 0. The Bertz CT molecular complexity index is 184. The predicted octanol–water partition coefficient (Wildman–Crippen LogP) is 4.42. The third-order valence-electron chi connectivity index (χ3n) is 3.94. The van der Waals surface area contributed by atoms with E-state index < -0.39 is 0 Å². The van der Waals surface area contributed by atoms with Gasteiger partial charge in [-0.05, 0) is 42.9 Å². The molecule has 0 aromatic carbocycles. The van der Waals surface area contributed by atoms with Gasteiger partial charge in [0.2, 0.25) is 0 Å². The third kappa shape index (κ3) is 2.86. The van der Waals surface area contributed by atoms with E-state index in [1.165, 1.54) is 31.3 Å². The Morgan fingerprint density at radius 2 is 1.85 bits per heavy atom. The van der Waals surface area contributed by atoms with Gasteiger partial charge < -0.3 is 0 Å². The Hall–Kier alpha value is -0.260. The van der Waals surface area contributed by atoms with E-state index in [2.05, 4.69) is 34.3 Å². The first-order chi connectivity index (χ1) is 5.96. The average Bonchev–Trinajstić information content (AvgIpc) is 2.79. The lowest BCUT2D eigenvalue weighted by Crippen LogP contribution is -2.09. The number of hydrogen-bond donors (Lipinski definition) is 0. The van der Waals surface area contributed by atoms with Crippen molar-refractivity contribution >= 4 is 0 Å². The highest BCUT2D eigenvalue weighted by molar-refractivity contribution is 5.00. The molecule has 0 heteroatoms. The van der Waals surface area contributed by atoms with Crippen LogP contribution in [0.25, 0.3) is 0 Å². The topological polar surface area (TPSA) is 0 Å². The van der Waals surface area contributed by atoms with E-state index in [1.807, 2.05) is 0 Å². The molecule has 0 radical (unpaired) electrons. The van der Waals surface area contributed by atoms with E-state index in [4.69, 9.17) is 0 Å². The molecule has 0 N–H and O–H groups in total. The van der Waals surface area contributed by atoms with Gasteiger partial charge in [0.1, 0.15) is 0 Å². The Balaban J connectivity index is 2.22. The predicted molar refractivity (Wildman–Crippen MR) is 59.7 cm³/mol. The molecule has 0 aliphatic heterocycles. The first-order valence-electron chi connectivity index (χ1n) is 5.63. The van der Waals surface area contributed by atoms with Crippen LogP contribution in [0.4, 0.5) is 0 Å². The number of rotatable bonds is 5. The number of hydrogen-bond acceptors (Lipinski definition) is 0. The Labute approximate surface area is 83.4 Å². The first kappa shape index (κ1) is 10.8. The third-order valence-corrected chi connectivity index (χ3v) is 3.94. The van der Waals surface area contributed by atoms with Gasteiger partial charge >= 0.3 is 0 Å². The molecule has 1 rings (SSSR count). The second-order valence-electron chi connectivity index (χ2n) is 5.41. The molecule has 1 atom stereocenters. The van der Waals surface area contributed by atoms with Crippen molar-refractivity contribution in [3.05, 3.63) is 12.2 Å². The minimum absolute atomic E-state index is 0.666. The summed E-state index contributed by atoms with van der Waals surface area (Å²) in [5, 5.41) is 0. The van der Waals surface area contributed by atoms with Crippen LogP contribution in [0.2, 0.25) is 0 Å². The van der Waals surface area contributed by atoms with Crippen LogP contribution in [-0.2, 0) is 0 Å². The minimum Gasteiger partial charge on any atom is -0.0996 e. The summed E-state index contributed by atoms with van der Waals surface area (Å²) in [5.41, 5.74) is 2.12. The molecule has 76 valence electrons. The van der Waals surface area contributed by atoms with Gasteiger partial charge in [0, 0.05) is 0 Å². The molecule has 1 aliphatic rings. The van der Waals surface area contributed by atoms with Crippen LogP contribution in [0.15, 0.2) is 12.2 Å². The van der Waals surface area contributed by atoms with Crippen LogP contribution >= 0.6 is 0 Å². The van der Waals surface area contributed by atoms with Crippen molar-refractivity contribution in [3.63, 3.8) is 0 Å². The van der Waals surface area contributed by atoms with Crippen molar-refractivity contribution in [2.24, 2.45) is 17.3 Å². The molecule has 13 heavy (non-hydrogen) atoms. The molecule has 0 amide bonds. The molecule has 1 saturated carbocycles. The van der Waals surface area contributed by atoms with Crippen molar-refractivity contribution in [2.75, 3.05) is 0 Å². The van der Waals surface area contributed by atoms with Gasteiger partial charge in [-0.1, -0.05) is 39.8 Å². The monoisotopic (exact) mass is 180 g/mol. The SMILES string of the molecule is C=C(CCC(C)C1(C)CC1)C(C)C. The van der Waals surface area contributed by atoms with Gasteiger partial charge in [-0.2, -0.15) is 0 Å². The zero-order chi connectivity index (χ0) is 10.1. The largest absolute Gasteiger partial charge is 0.0996 e. The van der Waals surface area contributed by atoms with E-state index in [-0.39, 0.29) is 0 Å². The smallest absolute Gasteiger partial charge is 0.0263 e.